The van der Waals surface area contributed by atoms with Crippen molar-refractivity contribution < 1.29 is 4.79 Å². The molecule has 0 radical (unpaired) electrons. The van der Waals surface area contributed by atoms with Crippen molar-refractivity contribution in [2.24, 2.45) is 0 Å². The lowest BCUT2D eigenvalue weighted by atomic mass is 10.1. The average molecular weight is 296 g/mol. The van der Waals surface area contributed by atoms with E-state index >= 15 is 0 Å². The first-order chi connectivity index (χ1) is 9.61. The molecule has 1 amide bonds. The maximum absolute atomic E-state index is 12.3. The molecular weight excluding hydrogens is 274 g/mol. The third-order valence-corrected chi connectivity index (χ3v) is 4.05. The molecule has 110 valence electrons. The normalized spacial score (nSPS) is 16.9. The topological polar surface area (TPSA) is 44.4 Å². The van der Waals surface area contributed by atoms with Crippen LogP contribution in [0.25, 0.3) is 0 Å². The van der Waals surface area contributed by atoms with Crippen LogP contribution >= 0.6 is 11.6 Å². The Labute approximate surface area is 125 Å². The van der Waals surface area contributed by atoms with E-state index < -0.39 is 0 Å². The van der Waals surface area contributed by atoms with E-state index in [9.17, 15) is 4.79 Å². The Kier molecular flexibility index (Phi) is 5.26. The van der Waals surface area contributed by atoms with Gasteiger partial charge in [0.2, 0.25) is 0 Å². The summed E-state index contributed by atoms with van der Waals surface area (Å²) in [7, 11) is 1.80. The lowest BCUT2D eigenvalue weighted by molar-refractivity contribution is 0.0941. The molecule has 0 aliphatic carbocycles. The molecule has 1 saturated heterocycles. The van der Waals surface area contributed by atoms with Crippen LogP contribution in [0, 0.1) is 0 Å². The maximum atomic E-state index is 12.3. The highest BCUT2D eigenvalue weighted by Crippen LogP contribution is 2.20. The Bertz CT molecular complexity index is 472. The Hall–Kier alpha value is -1.26. The summed E-state index contributed by atoms with van der Waals surface area (Å²) in [6.07, 6.45) is 2.52. The second-order valence-electron chi connectivity index (χ2n) is 5.24. The Morgan fingerprint density at radius 2 is 2.10 bits per heavy atom. The lowest BCUT2D eigenvalue weighted by Crippen LogP contribution is -2.40. The van der Waals surface area contributed by atoms with Crippen molar-refractivity contribution in [3.05, 3.63) is 28.8 Å². The molecule has 1 heterocycles. The summed E-state index contributed by atoms with van der Waals surface area (Å²) in [5.74, 6) is -0.0807. The molecule has 1 aromatic rings. The van der Waals surface area contributed by atoms with Gasteiger partial charge in [-0.1, -0.05) is 11.6 Å². The predicted octanol–water partition coefficient (Wildman–Crippen LogP) is 2.60. The predicted molar refractivity (Wildman–Crippen MR) is 83.6 cm³/mol. The van der Waals surface area contributed by atoms with Crippen molar-refractivity contribution in [3.8, 4) is 0 Å². The van der Waals surface area contributed by atoms with Gasteiger partial charge in [0, 0.05) is 30.3 Å². The number of amides is 1. The second-order valence-corrected chi connectivity index (χ2v) is 5.68. The van der Waals surface area contributed by atoms with E-state index in [1.807, 2.05) is 6.07 Å². The van der Waals surface area contributed by atoms with Gasteiger partial charge in [-0.3, -0.25) is 9.69 Å². The number of nitrogens with one attached hydrogen (secondary N) is 2. The summed E-state index contributed by atoms with van der Waals surface area (Å²) >= 11 is 5.97. The molecule has 2 N–H and O–H groups in total. The van der Waals surface area contributed by atoms with Gasteiger partial charge in [-0.25, -0.2) is 0 Å². The molecule has 1 aromatic carbocycles. The second kappa shape index (κ2) is 6.95. The van der Waals surface area contributed by atoms with Crippen LogP contribution in [0.15, 0.2) is 18.2 Å². The van der Waals surface area contributed by atoms with Crippen molar-refractivity contribution in [2.45, 2.75) is 25.8 Å². The molecule has 5 heteroatoms. The molecule has 0 bridgehead atoms. The molecule has 1 aliphatic rings. The molecule has 1 fully saturated rings. The highest BCUT2D eigenvalue weighted by atomic mass is 35.5. The van der Waals surface area contributed by atoms with Crippen LogP contribution < -0.4 is 10.6 Å². The zero-order valence-corrected chi connectivity index (χ0v) is 12.8. The van der Waals surface area contributed by atoms with Gasteiger partial charge in [-0.15, -0.1) is 0 Å². The minimum absolute atomic E-state index is 0.0807. The third-order valence-electron chi connectivity index (χ3n) is 3.82. The monoisotopic (exact) mass is 295 g/mol. The van der Waals surface area contributed by atoms with E-state index in [0.717, 1.165) is 18.8 Å². The average Bonchev–Trinajstić information content (AvgIpc) is 2.98. The van der Waals surface area contributed by atoms with Gasteiger partial charge in [0.1, 0.15) is 0 Å². The fourth-order valence-electron chi connectivity index (χ4n) is 2.57. The number of carbonyl (C=O) groups excluding carboxylic acids is 1. The molecule has 0 aromatic heterocycles. The smallest absolute Gasteiger partial charge is 0.253 e. The van der Waals surface area contributed by atoms with E-state index in [0.29, 0.717) is 23.2 Å². The summed E-state index contributed by atoms with van der Waals surface area (Å²) < 4.78 is 0. The third kappa shape index (κ3) is 3.64. The molecule has 1 unspecified atom stereocenters. The summed E-state index contributed by atoms with van der Waals surface area (Å²) in [5, 5.41) is 6.59. The standard InChI is InChI=1S/C15H22ClN3O/c1-11(19-7-3-4-8-19)10-18-15(20)13-9-12(16)5-6-14(13)17-2/h5-6,9,11,17H,3-4,7-8,10H2,1-2H3,(H,18,20). The van der Waals surface area contributed by atoms with Crippen LogP contribution in [-0.2, 0) is 0 Å². The fraction of sp³-hybridized carbons (Fsp3) is 0.533. The molecule has 4 nitrogen and oxygen atoms in total. The molecule has 0 spiro atoms. The molecule has 1 atom stereocenters. The van der Waals surface area contributed by atoms with Crippen LogP contribution in [0.5, 0.6) is 0 Å². The quantitative estimate of drug-likeness (QED) is 0.877. The minimum Gasteiger partial charge on any atom is -0.387 e. The van der Waals surface area contributed by atoms with Gasteiger partial charge < -0.3 is 10.6 Å². The van der Waals surface area contributed by atoms with Gasteiger partial charge in [0.25, 0.3) is 5.91 Å². The summed E-state index contributed by atoms with van der Waals surface area (Å²) in [4.78, 5) is 14.7. The van der Waals surface area contributed by atoms with Crippen LogP contribution in [-0.4, -0.2) is 43.5 Å². The van der Waals surface area contributed by atoms with Crippen molar-refractivity contribution >= 4 is 23.2 Å². The van der Waals surface area contributed by atoms with Gasteiger partial charge >= 0.3 is 0 Å². The molecular formula is C15H22ClN3O. The summed E-state index contributed by atoms with van der Waals surface area (Å²) in [6, 6.07) is 5.67. The summed E-state index contributed by atoms with van der Waals surface area (Å²) in [6.45, 7) is 5.09. The first-order valence-electron chi connectivity index (χ1n) is 7.11. The zero-order valence-electron chi connectivity index (χ0n) is 12.1. The van der Waals surface area contributed by atoms with E-state index in [-0.39, 0.29) is 5.91 Å². The number of rotatable bonds is 5. The first-order valence-corrected chi connectivity index (χ1v) is 7.49. The molecule has 0 saturated carbocycles. The lowest BCUT2D eigenvalue weighted by Gasteiger charge is -2.24. The van der Waals surface area contributed by atoms with Gasteiger partial charge in [0.15, 0.2) is 0 Å². The summed E-state index contributed by atoms with van der Waals surface area (Å²) in [5.41, 5.74) is 1.38. The van der Waals surface area contributed by atoms with Gasteiger partial charge in [-0.2, -0.15) is 0 Å². The molecule has 1 aliphatic heterocycles. The van der Waals surface area contributed by atoms with E-state index in [2.05, 4.69) is 22.5 Å². The number of carbonyl (C=O) groups is 1. The number of nitrogens with zero attached hydrogens (tertiary/aromatic N) is 1. The van der Waals surface area contributed by atoms with Crippen molar-refractivity contribution in [3.63, 3.8) is 0 Å². The first kappa shape index (κ1) is 15.1. The molecule has 20 heavy (non-hydrogen) atoms. The maximum Gasteiger partial charge on any atom is 0.253 e. The van der Waals surface area contributed by atoms with E-state index in [1.165, 1.54) is 12.8 Å². The Morgan fingerprint density at radius 3 is 2.75 bits per heavy atom. The number of halogens is 1. The Morgan fingerprint density at radius 1 is 1.40 bits per heavy atom. The van der Waals surface area contributed by atoms with Crippen molar-refractivity contribution in [1.82, 2.24) is 10.2 Å². The fourth-order valence-corrected chi connectivity index (χ4v) is 2.74. The van der Waals surface area contributed by atoms with Gasteiger partial charge in [0.05, 0.1) is 5.56 Å². The Balaban J connectivity index is 1.95. The van der Waals surface area contributed by atoms with Crippen LogP contribution in [0.1, 0.15) is 30.1 Å². The van der Waals surface area contributed by atoms with Gasteiger partial charge in [-0.05, 0) is 51.1 Å². The van der Waals surface area contributed by atoms with E-state index in [4.69, 9.17) is 11.6 Å². The van der Waals surface area contributed by atoms with Crippen LogP contribution in [0.4, 0.5) is 5.69 Å². The number of hydrogen-bond acceptors (Lipinski definition) is 3. The van der Waals surface area contributed by atoms with Crippen LogP contribution in [0.2, 0.25) is 5.02 Å². The molecule has 2 rings (SSSR count). The highest BCUT2D eigenvalue weighted by molar-refractivity contribution is 6.31. The number of hydrogen-bond donors (Lipinski definition) is 2. The van der Waals surface area contributed by atoms with Crippen LogP contribution in [0.3, 0.4) is 0 Å². The largest absolute Gasteiger partial charge is 0.387 e. The minimum atomic E-state index is -0.0807. The van der Waals surface area contributed by atoms with Crippen molar-refractivity contribution in [1.29, 1.82) is 0 Å². The zero-order chi connectivity index (χ0) is 14.5. The number of benzene rings is 1. The van der Waals surface area contributed by atoms with E-state index in [1.54, 1.807) is 19.2 Å². The highest BCUT2D eigenvalue weighted by Gasteiger charge is 2.19. The SMILES string of the molecule is CNc1ccc(Cl)cc1C(=O)NCC(C)N1CCCC1. The van der Waals surface area contributed by atoms with Crippen molar-refractivity contribution in [2.75, 3.05) is 32.0 Å². The number of likely N-dealkylation sites (tertiary alicyclic amines) is 1. The number of anilines is 1.